The Hall–Kier alpha value is -2.47. The Labute approximate surface area is 198 Å². The fourth-order valence-corrected chi connectivity index (χ4v) is 7.20. The van der Waals surface area contributed by atoms with E-state index in [1.54, 1.807) is 18.4 Å². The molecular formula is C21H20BrN5O3S2. The van der Waals surface area contributed by atoms with Crippen molar-refractivity contribution < 1.29 is 12.8 Å². The molecular weight excluding hydrogens is 514 g/mol. The second-order valence-electron chi connectivity index (χ2n) is 7.27. The third-order valence-electron chi connectivity index (χ3n) is 5.27. The summed E-state index contributed by atoms with van der Waals surface area (Å²) in [5.74, 6) is 2.12. The van der Waals surface area contributed by atoms with Crippen LogP contribution in [0.15, 0.2) is 67.2 Å². The number of hydrogen-bond acceptors (Lipinski definition) is 8. The molecule has 1 saturated heterocycles. The molecule has 0 unspecified atom stereocenters. The number of piperazine rings is 1. The minimum absolute atomic E-state index is 0.351. The van der Waals surface area contributed by atoms with E-state index in [0.717, 1.165) is 26.3 Å². The first-order valence-corrected chi connectivity index (χ1v) is 13.1. The van der Waals surface area contributed by atoms with Crippen molar-refractivity contribution in [2.75, 3.05) is 36.4 Å². The predicted molar refractivity (Wildman–Crippen MR) is 129 cm³/mol. The number of halogens is 1. The third kappa shape index (κ3) is 4.25. The molecule has 3 aromatic heterocycles. The van der Waals surface area contributed by atoms with Gasteiger partial charge in [-0.15, -0.1) is 11.3 Å². The standard InChI is InChI=1S/C21H20BrN5O3S2/c22-18-7-8-19(31-18)32(28,29)27-11-9-26(10-12-27)21-24-17-6-2-1-5-16(17)20(25-21)23-14-15-4-3-13-30-15/h1-8,13H,9-12,14H2,(H,23,24,25). The van der Waals surface area contributed by atoms with Crippen LogP contribution in [0.2, 0.25) is 0 Å². The summed E-state index contributed by atoms with van der Waals surface area (Å²) in [4.78, 5) is 11.5. The van der Waals surface area contributed by atoms with Gasteiger partial charge < -0.3 is 14.6 Å². The van der Waals surface area contributed by atoms with Crippen molar-refractivity contribution in [2.24, 2.45) is 0 Å². The monoisotopic (exact) mass is 533 g/mol. The number of anilines is 2. The molecule has 1 fully saturated rings. The lowest BCUT2D eigenvalue weighted by Crippen LogP contribution is -2.49. The molecule has 166 valence electrons. The number of rotatable bonds is 6. The maximum atomic E-state index is 12.9. The van der Waals surface area contributed by atoms with Crippen LogP contribution < -0.4 is 10.2 Å². The summed E-state index contributed by atoms with van der Waals surface area (Å²) in [7, 11) is -3.49. The van der Waals surface area contributed by atoms with Crippen molar-refractivity contribution in [3.05, 3.63) is 64.3 Å². The second-order valence-corrected chi connectivity index (χ2v) is 11.9. The number of fused-ring (bicyclic) bond motifs is 1. The van der Waals surface area contributed by atoms with Gasteiger partial charge in [0.2, 0.25) is 5.95 Å². The number of aromatic nitrogens is 2. The van der Waals surface area contributed by atoms with E-state index in [-0.39, 0.29) is 0 Å². The number of hydrogen-bond donors (Lipinski definition) is 1. The Morgan fingerprint density at radius 1 is 1.03 bits per heavy atom. The van der Waals surface area contributed by atoms with Gasteiger partial charge in [-0.25, -0.2) is 13.4 Å². The molecule has 8 nitrogen and oxygen atoms in total. The van der Waals surface area contributed by atoms with Crippen molar-refractivity contribution in [1.82, 2.24) is 14.3 Å². The van der Waals surface area contributed by atoms with E-state index in [0.29, 0.717) is 42.9 Å². The molecule has 0 amide bonds. The maximum Gasteiger partial charge on any atom is 0.252 e. The van der Waals surface area contributed by atoms with Gasteiger partial charge in [0.05, 0.1) is 22.1 Å². The minimum atomic E-state index is -3.49. The molecule has 32 heavy (non-hydrogen) atoms. The van der Waals surface area contributed by atoms with Crippen molar-refractivity contribution >= 4 is 60.0 Å². The first kappa shape index (κ1) is 21.4. The summed E-state index contributed by atoms with van der Waals surface area (Å²) in [6.45, 7) is 2.30. The molecule has 0 atom stereocenters. The fraction of sp³-hybridized carbons (Fsp3) is 0.238. The minimum Gasteiger partial charge on any atom is -0.467 e. The zero-order chi connectivity index (χ0) is 22.1. The highest BCUT2D eigenvalue weighted by Gasteiger charge is 2.30. The van der Waals surface area contributed by atoms with Gasteiger partial charge in [0.15, 0.2) is 0 Å². The van der Waals surface area contributed by atoms with E-state index in [1.165, 1.54) is 15.6 Å². The molecule has 11 heteroatoms. The van der Waals surface area contributed by atoms with Crippen LogP contribution in [0.25, 0.3) is 10.9 Å². The smallest absolute Gasteiger partial charge is 0.252 e. The number of benzene rings is 1. The average molecular weight is 534 g/mol. The van der Waals surface area contributed by atoms with E-state index >= 15 is 0 Å². The summed E-state index contributed by atoms with van der Waals surface area (Å²) >= 11 is 4.57. The Balaban J connectivity index is 1.36. The van der Waals surface area contributed by atoms with Crippen molar-refractivity contribution in [1.29, 1.82) is 0 Å². The normalized spacial score (nSPS) is 15.3. The van der Waals surface area contributed by atoms with Gasteiger partial charge in [-0.05, 0) is 52.3 Å². The number of thiophene rings is 1. The van der Waals surface area contributed by atoms with Gasteiger partial charge in [-0.3, -0.25) is 0 Å². The van der Waals surface area contributed by atoms with Gasteiger partial charge in [-0.2, -0.15) is 9.29 Å². The zero-order valence-corrected chi connectivity index (χ0v) is 20.2. The van der Waals surface area contributed by atoms with Crippen molar-refractivity contribution in [3.63, 3.8) is 0 Å². The third-order valence-corrected chi connectivity index (χ3v) is 9.26. The summed E-state index contributed by atoms with van der Waals surface area (Å²) in [6, 6.07) is 15.0. The molecule has 1 aliphatic rings. The lowest BCUT2D eigenvalue weighted by Gasteiger charge is -2.34. The number of furan rings is 1. The first-order chi connectivity index (χ1) is 15.5. The van der Waals surface area contributed by atoms with Gasteiger partial charge >= 0.3 is 0 Å². The van der Waals surface area contributed by atoms with E-state index in [2.05, 4.69) is 21.2 Å². The molecule has 5 rings (SSSR count). The zero-order valence-electron chi connectivity index (χ0n) is 16.9. The highest BCUT2D eigenvalue weighted by Crippen LogP contribution is 2.30. The molecule has 0 bridgehead atoms. The van der Waals surface area contributed by atoms with Crippen LogP contribution in [-0.4, -0.2) is 48.9 Å². The van der Waals surface area contributed by atoms with Crippen molar-refractivity contribution in [2.45, 2.75) is 10.8 Å². The largest absolute Gasteiger partial charge is 0.467 e. The Kier molecular flexibility index (Phi) is 5.89. The number of nitrogens with one attached hydrogen (secondary N) is 1. The highest BCUT2D eigenvalue weighted by molar-refractivity contribution is 9.11. The van der Waals surface area contributed by atoms with Crippen LogP contribution in [0.4, 0.5) is 11.8 Å². The Morgan fingerprint density at radius 3 is 2.56 bits per heavy atom. The molecule has 0 saturated carbocycles. The van der Waals surface area contributed by atoms with Crippen molar-refractivity contribution in [3.8, 4) is 0 Å². The van der Waals surface area contributed by atoms with E-state index in [1.807, 2.05) is 41.3 Å². The SMILES string of the molecule is O=S(=O)(c1ccc(Br)s1)N1CCN(c2nc(NCc3ccco3)c3ccccc3n2)CC1. The van der Waals surface area contributed by atoms with E-state index < -0.39 is 10.0 Å². The van der Waals surface area contributed by atoms with Crippen LogP contribution in [0.5, 0.6) is 0 Å². The number of sulfonamides is 1. The molecule has 0 radical (unpaired) electrons. The molecule has 4 heterocycles. The average Bonchev–Trinajstić information content (AvgIpc) is 3.49. The van der Waals surface area contributed by atoms with Crippen LogP contribution in [0, 0.1) is 0 Å². The summed E-state index contributed by atoms with van der Waals surface area (Å²) in [5.41, 5.74) is 0.831. The fourth-order valence-electron chi connectivity index (χ4n) is 3.62. The molecule has 1 N–H and O–H groups in total. The maximum absolute atomic E-state index is 12.9. The molecule has 0 spiro atoms. The van der Waals surface area contributed by atoms with Crippen LogP contribution >= 0.6 is 27.3 Å². The van der Waals surface area contributed by atoms with Gasteiger partial charge in [0.25, 0.3) is 10.0 Å². The molecule has 4 aromatic rings. The van der Waals surface area contributed by atoms with E-state index in [4.69, 9.17) is 14.4 Å². The highest BCUT2D eigenvalue weighted by atomic mass is 79.9. The Morgan fingerprint density at radius 2 is 1.84 bits per heavy atom. The van der Waals surface area contributed by atoms with Crippen LogP contribution in [0.3, 0.4) is 0 Å². The lowest BCUT2D eigenvalue weighted by molar-refractivity contribution is 0.383. The topological polar surface area (TPSA) is 91.6 Å². The molecule has 0 aliphatic carbocycles. The lowest BCUT2D eigenvalue weighted by atomic mass is 10.2. The summed E-state index contributed by atoms with van der Waals surface area (Å²) < 4.78 is 33.9. The van der Waals surface area contributed by atoms with E-state index in [9.17, 15) is 8.42 Å². The van der Waals surface area contributed by atoms with Crippen LogP contribution in [0.1, 0.15) is 5.76 Å². The summed E-state index contributed by atoms with van der Waals surface area (Å²) in [5, 5.41) is 4.27. The van der Waals surface area contributed by atoms with Gasteiger partial charge in [0, 0.05) is 31.6 Å². The molecule has 1 aliphatic heterocycles. The second kappa shape index (κ2) is 8.81. The predicted octanol–water partition coefficient (Wildman–Crippen LogP) is 4.17. The van der Waals surface area contributed by atoms with Gasteiger partial charge in [-0.1, -0.05) is 12.1 Å². The van der Waals surface area contributed by atoms with Gasteiger partial charge in [0.1, 0.15) is 15.8 Å². The Bertz CT molecular complexity index is 1330. The van der Waals surface area contributed by atoms with Crippen LogP contribution in [-0.2, 0) is 16.6 Å². The molecule has 1 aromatic carbocycles. The number of nitrogens with zero attached hydrogens (tertiary/aromatic N) is 4. The number of para-hydroxylation sites is 1. The quantitative estimate of drug-likeness (QED) is 0.397. The summed E-state index contributed by atoms with van der Waals surface area (Å²) in [6.07, 6.45) is 1.64. The first-order valence-electron chi connectivity index (χ1n) is 10.0.